The Hall–Kier alpha value is -1.42. The topological polar surface area (TPSA) is 27.7 Å². The fraction of sp³-hybridized carbons (Fsp3) is 0.600. The Morgan fingerprint density at radius 2 is 1.76 bits per heavy atom. The van der Waals surface area contributed by atoms with Crippen LogP contribution in [0, 0.1) is 0 Å². The normalized spacial score (nSPS) is 12.1. The third-order valence-corrected chi connectivity index (χ3v) is 5.84. The Labute approximate surface area is 185 Å². The van der Waals surface area contributed by atoms with Gasteiger partial charge in [0.05, 0.1) is 19.8 Å². The van der Waals surface area contributed by atoms with Gasteiger partial charge in [0.2, 0.25) is 0 Å². The maximum absolute atomic E-state index is 6.26. The second-order valence-corrected chi connectivity index (χ2v) is 8.37. The fourth-order valence-corrected chi connectivity index (χ4v) is 3.95. The van der Waals surface area contributed by atoms with Crippen molar-refractivity contribution in [3.63, 3.8) is 0 Å². The van der Waals surface area contributed by atoms with Gasteiger partial charge in [0, 0.05) is 10.7 Å². The summed E-state index contributed by atoms with van der Waals surface area (Å²) >= 11 is 3.48. The molecule has 0 aliphatic heterocycles. The van der Waals surface area contributed by atoms with Crippen LogP contribution in [0.25, 0.3) is 10.8 Å². The molecule has 2 rings (SSSR count). The van der Waals surface area contributed by atoms with Crippen LogP contribution in [-0.4, -0.2) is 25.2 Å². The number of unbranched alkanes of at least 4 members (excludes halogenated alkanes) is 5. The summed E-state index contributed by atoms with van der Waals surface area (Å²) in [5.74, 6) is 2.56. The summed E-state index contributed by atoms with van der Waals surface area (Å²) < 4.78 is 18.0. The van der Waals surface area contributed by atoms with Gasteiger partial charge in [-0.2, -0.15) is 0 Å². The van der Waals surface area contributed by atoms with Crippen LogP contribution in [0.1, 0.15) is 71.6 Å². The highest BCUT2D eigenvalue weighted by Crippen LogP contribution is 2.37. The van der Waals surface area contributed by atoms with Gasteiger partial charge in [-0.25, -0.2) is 0 Å². The molecule has 0 fully saturated rings. The van der Waals surface area contributed by atoms with Gasteiger partial charge >= 0.3 is 0 Å². The molecule has 0 spiro atoms. The van der Waals surface area contributed by atoms with E-state index in [-0.39, 0.29) is 6.10 Å². The van der Waals surface area contributed by atoms with Crippen LogP contribution in [0.2, 0.25) is 0 Å². The average molecular weight is 465 g/mol. The molecule has 4 heteroatoms. The van der Waals surface area contributed by atoms with Gasteiger partial charge < -0.3 is 14.2 Å². The van der Waals surface area contributed by atoms with E-state index < -0.39 is 0 Å². The minimum absolute atomic E-state index is 0.285. The van der Waals surface area contributed by atoms with Crippen molar-refractivity contribution in [2.75, 3.05) is 19.0 Å². The summed E-state index contributed by atoms with van der Waals surface area (Å²) in [4.78, 5) is 0. The first kappa shape index (κ1) is 23.9. The highest BCUT2D eigenvalue weighted by molar-refractivity contribution is 9.09. The van der Waals surface area contributed by atoms with E-state index in [1.807, 2.05) is 6.07 Å². The first-order valence-corrected chi connectivity index (χ1v) is 12.3. The molecule has 2 aromatic carbocycles. The van der Waals surface area contributed by atoms with E-state index in [0.29, 0.717) is 0 Å². The van der Waals surface area contributed by atoms with Crippen LogP contribution < -0.4 is 14.2 Å². The van der Waals surface area contributed by atoms with E-state index in [1.165, 1.54) is 38.5 Å². The summed E-state index contributed by atoms with van der Waals surface area (Å²) in [5, 5.41) is 3.26. The first-order valence-electron chi connectivity index (χ1n) is 11.2. The maximum Gasteiger partial charge on any atom is 0.168 e. The van der Waals surface area contributed by atoms with Gasteiger partial charge in [0.1, 0.15) is 5.75 Å². The Morgan fingerprint density at radius 3 is 2.48 bits per heavy atom. The third-order valence-electron chi connectivity index (χ3n) is 5.28. The second kappa shape index (κ2) is 13.7. The van der Waals surface area contributed by atoms with Crippen LogP contribution in [0.3, 0.4) is 0 Å². The summed E-state index contributed by atoms with van der Waals surface area (Å²) in [7, 11) is 1.71. The standard InChI is InChI=1S/C25H37BrO3/c1-4-6-9-12-21(5-2)29-22-14-15-23-20(19-22)13-16-24(25(23)27-3)28-18-11-8-7-10-17-26/h13-16,19,21H,4-12,17-18H2,1-3H3. The molecule has 0 radical (unpaired) electrons. The number of fused-ring (bicyclic) bond motifs is 1. The van der Waals surface area contributed by atoms with Crippen LogP contribution in [0.5, 0.6) is 17.2 Å². The van der Waals surface area contributed by atoms with Gasteiger partial charge in [-0.1, -0.05) is 61.5 Å². The highest BCUT2D eigenvalue weighted by atomic mass is 79.9. The lowest BCUT2D eigenvalue weighted by molar-refractivity contribution is 0.183. The lowest BCUT2D eigenvalue weighted by atomic mass is 10.1. The smallest absolute Gasteiger partial charge is 0.168 e. The van der Waals surface area contributed by atoms with Crippen molar-refractivity contribution in [1.29, 1.82) is 0 Å². The molecule has 3 nitrogen and oxygen atoms in total. The molecule has 1 unspecified atom stereocenters. The SMILES string of the molecule is CCCCCC(CC)Oc1ccc2c(OC)c(OCCCCCCBr)ccc2c1. The number of hydrogen-bond acceptors (Lipinski definition) is 3. The number of methoxy groups -OCH3 is 1. The molecular formula is C25H37BrO3. The Kier molecular flexibility index (Phi) is 11.3. The van der Waals surface area contributed by atoms with Crippen LogP contribution in [-0.2, 0) is 0 Å². The zero-order valence-electron chi connectivity index (χ0n) is 18.3. The van der Waals surface area contributed by atoms with Crippen molar-refractivity contribution in [2.24, 2.45) is 0 Å². The second-order valence-electron chi connectivity index (χ2n) is 7.58. The molecule has 0 saturated carbocycles. The number of halogens is 1. The average Bonchev–Trinajstić information content (AvgIpc) is 2.75. The molecule has 0 saturated heterocycles. The first-order chi connectivity index (χ1) is 14.2. The minimum Gasteiger partial charge on any atom is -0.492 e. The Morgan fingerprint density at radius 1 is 0.931 bits per heavy atom. The maximum atomic E-state index is 6.26. The predicted molar refractivity (Wildman–Crippen MR) is 127 cm³/mol. The van der Waals surface area contributed by atoms with Crippen LogP contribution in [0.4, 0.5) is 0 Å². The molecule has 0 amide bonds. The Bertz CT molecular complexity index is 717. The fourth-order valence-electron chi connectivity index (χ4n) is 3.55. The summed E-state index contributed by atoms with van der Waals surface area (Å²) in [6, 6.07) is 10.4. The Balaban J connectivity index is 2.03. The van der Waals surface area contributed by atoms with Crippen molar-refractivity contribution < 1.29 is 14.2 Å². The monoisotopic (exact) mass is 464 g/mol. The number of benzene rings is 2. The van der Waals surface area contributed by atoms with E-state index in [1.54, 1.807) is 7.11 Å². The molecule has 0 aliphatic rings. The summed E-state index contributed by atoms with van der Waals surface area (Å²) in [6.07, 6.45) is 10.9. The molecule has 29 heavy (non-hydrogen) atoms. The quantitative estimate of drug-likeness (QED) is 0.198. The van der Waals surface area contributed by atoms with Gasteiger partial charge in [-0.15, -0.1) is 0 Å². The van der Waals surface area contributed by atoms with Crippen LogP contribution >= 0.6 is 15.9 Å². The van der Waals surface area contributed by atoms with Crippen molar-refractivity contribution in [3.8, 4) is 17.2 Å². The van der Waals surface area contributed by atoms with E-state index >= 15 is 0 Å². The van der Waals surface area contributed by atoms with Crippen molar-refractivity contribution >= 4 is 26.7 Å². The number of alkyl halides is 1. The number of ether oxygens (including phenoxy) is 3. The molecule has 0 aromatic heterocycles. The highest BCUT2D eigenvalue weighted by Gasteiger charge is 2.12. The molecule has 0 heterocycles. The van der Waals surface area contributed by atoms with Gasteiger partial charge in [-0.05, 0) is 61.8 Å². The van der Waals surface area contributed by atoms with E-state index in [4.69, 9.17) is 14.2 Å². The summed E-state index contributed by atoms with van der Waals surface area (Å²) in [5.41, 5.74) is 0. The largest absolute Gasteiger partial charge is 0.492 e. The van der Waals surface area contributed by atoms with Gasteiger partial charge in [0.15, 0.2) is 11.5 Å². The predicted octanol–water partition coefficient (Wildman–Crippen LogP) is 7.92. The van der Waals surface area contributed by atoms with Crippen molar-refractivity contribution in [1.82, 2.24) is 0 Å². The molecule has 2 aromatic rings. The molecular weight excluding hydrogens is 428 g/mol. The third kappa shape index (κ3) is 7.73. The molecule has 0 aliphatic carbocycles. The van der Waals surface area contributed by atoms with Gasteiger partial charge in [0.25, 0.3) is 0 Å². The number of hydrogen-bond donors (Lipinski definition) is 0. The zero-order chi connectivity index (χ0) is 20.9. The molecule has 162 valence electrons. The number of rotatable bonds is 15. The van der Waals surface area contributed by atoms with Crippen molar-refractivity contribution in [2.45, 2.75) is 77.7 Å². The molecule has 1 atom stereocenters. The summed E-state index contributed by atoms with van der Waals surface area (Å²) in [6.45, 7) is 5.16. The molecule has 0 bridgehead atoms. The van der Waals surface area contributed by atoms with E-state index in [0.717, 1.165) is 59.2 Å². The van der Waals surface area contributed by atoms with E-state index in [2.05, 4.69) is 54.0 Å². The van der Waals surface area contributed by atoms with Crippen LogP contribution in [0.15, 0.2) is 30.3 Å². The lowest BCUT2D eigenvalue weighted by Crippen LogP contribution is -2.15. The lowest BCUT2D eigenvalue weighted by Gasteiger charge is -2.18. The molecule has 0 N–H and O–H groups in total. The van der Waals surface area contributed by atoms with Crippen molar-refractivity contribution in [3.05, 3.63) is 30.3 Å². The zero-order valence-corrected chi connectivity index (χ0v) is 19.9. The van der Waals surface area contributed by atoms with E-state index in [9.17, 15) is 0 Å². The minimum atomic E-state index is 0.285. The van der Waals surface area contributed by atoms with Gasteiger partial charge in [-0.3, -0.25) is 0 Å².